The van der Waals surface area contributed by atoms with E-state index in [0.29, 0.717) is 29.8 Å². The fourth-order valence-electron chi connectivity index (χ4n) is 2.78. The molecule has 0 N–H and O–H groups in total. The summed E-state index contributed by atoms with van der Waals surface area (Å²) in [5.41, 5.74) is 0.442. The molecule has 3 atom stereocenters. The lowest BCUT2D eigenvalue weighted by Crippen LogP contribution is -2.37. The number of hydrogen-bond donors (Lipinski definition) is 0. The molecule has 0 aliphatic heterocycles. The fraction of sp³-hybridized carbons (Fsp3) is 0.579. The molecule has 0 radical (unpaired) electrons. The van der Waals surface area contributed by atoms with Gasteiger partial charge < -0.3 is 14.2 Å². The number of halogens is 1. The van der Waals surface area contributed by atoms with Crippen LogP contribution in [-0.2, 0) is 14.2 Å². The van der Waals surface area contributed by atoms with E-state index in [-0.39, 0.29) is 24.7 Å². The minimum absolute atomic E-state index is 0.101. The molecule has 6 heteroatoms. The average Bonchev–Trinajstić information content (AvgIpc) is 2.60. The monoisotopic (exact) mass is 370 g/mol. The fourth-order valence-corrected chi connectivity index (χ4v) is 2.91. The Morgan fingerprint density at radius 3 is 1.96 bits per heavy atom. The van der Waals surface area contributed by atoms with Crippen molar-refractivity contribution in [3.8, 4) is 0 Å². The van der Waals surface area contributed by atoms with Gasteiger partial charge in [0.15, 0.2) is 0 Å². The van der Waals surface area contributed by atoms with Crippen LogP contribution in [0.2, 0.25) is 5.02 Å². The molecule has 1 rings (SSSR count). The van der Waals surface area contributed by atoms with E-state index in [9.17, 15) is 9.59 Å². The van der Waals surface area contributed by atoms with E-state index in [2.05, 4.69) is 0 Å². The van der Waals surface area contributed by atoms with Gasteiger partial charge in [-0.3, -0.25) is 0 Å². The van der Waals surface area contributed by atoms with Crippen LogP contribution in [0, 0.1) is 5.92 Å². The van der Waals surface area contributed by atoms with Crippen molar-refractivity contribution >= 4 is 23.7 Å². The molecule has 1 aromatic carbocycles. The van der Waals surface area contributed by atoms with Crippen LogP contribution in [-0.4, -0.2) is 30.9 Å². The van der Waals surface area contributed by atoms with Crippen LogP contribution in [0.4, 0.5) is 4.79 Å². The Bertz CT molecular complexity index is 543. The molecule has 3 unspecified atom stereocenters. The Hall–Kier alpha value is -1.75. The molecule has 0 saturated carbocycles. The van der Waals surface area contributed by atoms with Gasteiger partial charge in [-0.05, 0) is 50.5 Å². The Morgan fingerprint density at radius 1 is 0.920 bits per heavy atom. The molecule has 25 heavy (non-hydrogen) atoms. The van der Waals surface area contributed by atoms with Crippen LogP contribution in [0.3, 0.4) is 0 Å². The van der Waals surface area contributed by atoms with Crippen molar-refractivity contribution < 1.29 is 23.8 Å². The Labute approximate surface area is 154 Å². The number of carbonyl (C=O) groups excluding carboxylic acids is 2. The normalized spacial score (nSPS) is 14.3. The molecular formula is C19H27ClO5. The maximum absolute atomic E-state index is 12.4. The molecule has 0 aliphatic carbocycles. The number of rotatable bonds is 9. The van der Waals surface area contributed by atoms with Crippen molar-refractivity contribution in [3.63, 3.8) is 0 Å². The smallest absolute Gasteiger partial charge is 0.458 e. The summed E-state index contributed by atoms with van der Waals surface area (Å²) in [4.78, 5) is 24.0. The summed E-state index contributed by atoms with van der Waals surface area (Å²) in [6.45, 7) is 7.84. The first-order valence-corrected chi connectivity index (χ1v) is 9.14. The summed E-state index contributed by atoms with van der Waals surface area (Å²) in [6.07, 6.45) is 0.545. The largest absolute Gasteiger partial charge is 0.508 e. The van der Waals surface area contributed by atoms with E-state index in [1.165, 1.54) is 0 Å². The lowest BCUT2D eigenvalue weighted by molar-refractivity contribution is -0.0446. The van der Waals surface area contributed by atoms with Crippen LogP contribution >= 0.6 is 11.6 Å². The summed E-state index contributed by atoms with van der Waals surface area (Å²) >= 11 is 5.84. The van der Waals surface area contributed by atoms with Crippen LogP contribution in [0.25, 0.3) is 0 Å². The van der Waals surface area contributed by atoms with E-state index in [1.807, 2.05) is 20.8 Å². The zero-order chi connectivity index (χ0) is 18.8. The second-order valence-electron chi connectivity index (χ2n) is 5.68. The van der Waals surface area contributed by atoms with E-state index in [0.717, 1.165) is 0 Å². The number of carbonyl (C=O) groups is 2. The molecule has 0 aromatic heterocycles. The van der Waals surface area contributed by atoms with E-state index < -0.39 is 12.1 Å². The number of esters is 1. The van der Waals surface area contributed by atoms with Gasteiger partial charge in [-0.1, -0.05) is 32.4 Å². The van der Waals surface area contributed by atoms with E-state index in [4.69, 9.17) is 25.8 Å². The second-order valence-corrected chi connectivity index (χ2v) is 6.12. The molecule has 0 bridgehead atoms. The van der Waals surface area contributed by atoms with Crippen molar-refractivity contribution in [2.75, 3.05) is 6.61 Å². The minimum Gasteiger partial charge on any atom is -0.458 e. The van der Waals surface area contributed by atoms with Crippen molar-refractivity contribution in [2.24, 2.45) is 5.92 Å². The van der Waals surface area contributed by atoms with Gasteiger partial charge in [-0.25, -0.2) is 9.59 Å². The highest BCUT2D eigenvalue weighted by Crippen LogP contribution is 2.25. The van der Waals surface area contributed by atoms with Crippen LogP contribution < -0.4 is 0 Å². The molecule has 1 aromatic rings. The highest BCUT2D eigenvalue weighted by atomic mass is 35.5. The molecule has 0 spiro atoms. The van der Waals surface area contributed by atoms with E-state index in [1.54, 1.807) is 31.2 Å². The zero-order valence-electron chi connectivity index (χ0n) is 15.3. The Kier molecular flexibility index (Phi) is 9.35. The molecule has 0 amide bonds. The third-order valence-corrected chi connectivity index (χ3v) is 4.33. The SMILES string of the molecule is CCOC(=O)OC(CC)C(CC)C(CC)OC(=O)c1ccc(Cl)cc1. The number of ether oxygens (including phenoxy) is 3. The van der Waals surface area contributed by atoms with Crippen molar-refractivity contribution in [1.29, 1.82) is 0 Å². The standard InChI is InChI=1S/C19H27ClO5/c1-5-15(17(7-3)25-19(22)23-8-4)16(6-2)24-18(21)13-9-11-14(20)12-10-13/h9-12,15-17H,5-8H2,1-4H3. The Balaban J connectivity index is 2.83. The van der Waals surface area contributed by atoms with Gasteiger partial charge in [-0.15, -0.1) is 0 Å². The predicted octanol–water partition coefficient (Wildman–Crippen LogP) is 5.25. The maximum Gasteiger partial charge on any atom is 0.508 e. The quantitative estimate of drug-likeness (QED) is 0.555. The summed E-state index contributed by atoms with van der Waals surface area (Å²) < 4.78 is 16.0. The lowest BCUT2D eigenvalue weighted by Gasteiger charge is -2.31. The van der Waals surface area contributed by atoms with E-state index >= 15 is 0 Å². The topological polar surface area (TPSA) is 61.8 Å². The average molecular weight is 371 g/mol. The molecule has 0 fully saturated rings. The number of hydrogen-bond acceptors (Lipinski definition) is 5. The van der Waals surface area contributed by atoms with Crippen molar-refractivity contribution in [3.05, 3.63) is 34.9 Å². The van der Waals surface area contributed by atoms with Crippen molar-refractivity contribution in [2.45, 2.75) is 59.2 Å². The molecule has 0 aliphatic rings. The first-order valence-electron chi connectivity index (χ1n) is 8.76. The summed E-state index contributed by atoms with van der Waals surface area (Å²) in [6, 6.07) is 6.56. The molecule has 0 heterocycles. The molecule has 140 valence electrons. The third kappa shape index (κ3) is 6.58. The molecule has 5 nitrogen and oxygen atoms in total. The lowest BCUT2D eigenvalue weighted by atomic mass is 9.90. The number of benzene rings is 1. The van der Waals surface area contributed by atoms with Crippen LogP contribution in [0.5, 0.6) is 0 Å². The summed E-state index contributed by atoms with van der Waals surface area (Å²) in [5, 5.41) is 0.559. The van der Waals surface area contributed by atoms with Gasteiger partial charge in [0.1, 0.15) is 12.2 Å². The van der Waals surface area contributed by atoms with Crippen molar-refractivity contribution in [1.82, 2.24) is 0 Å². The second kappa shape index (κ2) is 11.0. The zero-order valence-corrected chi connectivity index (χ0v) is 16.0. The van der Waals surface area contributed by atoms with Gasteiger partial charge in [0.25, 0.3) is 0 Å². The maximum atomic E-state index is 12.4. The van der Waals surface area contributed by atoms with Gasteiger partial charge in [0.2, 0.25) is 0 Å². The highest BCUT2D eigenvalue weighted by molar-refractivity contribution is 6.30. The first kappa shape index (κ1) is 21.3. The van der Waals surface area contributed by atoms with Gasteiger partial charge >= 0.3 is 12.1 Å². The third-order valence-electron chi connectivity index (χ3n) is 4.08. The van der Waals surface area contributed by atoms with Gasteiger partial charge in [0, 0.05) is 10.9 Å². The highest BCUT2D eigenvalue weighted by Gasteiger charge is 2.32. The predicted molar refractivity (Wildman–Crippen MR) is 96.9 cm³/mol. The van der Waals surface area contributed by atoms with Gasteiger partial charge in [-0.2, -0.15) is 0 Å². The van der Waals surface area contributed by atoms with Crippen LogP contribution in [0.15, 0.2) is 24.3 Å². The Morgan fingerprint density at radius 2 is 1.48 bits per heavy atom. The summed E-state index contributed by atoms with van der Waals surface area (Å²) in [7, 11) is 0. The molecular weight excluding hydrogens is 344 g/mol. The molecule has 0 saturated heterocycles. The van der Waals surface area contributed by atoms with Crippen LogP contribution in [0.1, 0.15) is 57.3 Å². The minimum atomic E-state index is -0.688. The van der Waals surface area contributed by atoms with Gasteiger partial charge in [0.05, 0.1) is 12.2 Å². The first-order chi connectivity index (χ1) is 12.0. The summed E-state index contributed by atoms with van der Waals surface area (Å²) in [5.74, 6) is -0.511.